The zero-order valence-corrected chi connectivity index (χ0v) is 9.78. The Bertz CT molecular complexity index is 623. The standard InChI is InChI=1S/C11H11N3O2S/c12-11(16)14(17)6-7-5-10(15)13-9-4-2-1-3-8(7)9/h1-5,17H,6H2,(H2,12,16)(H,13,15). The first kappa shape index (κ1) is 11.5. The van der Waals surface area contributed by atoms with Gasteiger partial charge in [0.25, 0.3) is 0 Å². The van der Waals surface area contributed by atoms with E-state index in [1.807, 2.05) is 18.2 Å². The van der Waals surface area contributed by atoms with Crippen molar-refractivity contribution in [3.63, 3.8) is 0 Å². The fourth-order valence-corrected chi connectivity index (χ4v) is 1.80. The van der Waals surface area contributed by atoms with Crippen molar-refractivity contribution >= 4 is 29.7 Å². The van der Waals surface area contributed by atoms with Crippen LogP contribution in [0.15, 0.2) is 35.1 Å². The minimum Gasteiger partial charge on any atom is -0.351 e. The predicted molar refractivity (Wildman–Crippen MR) is 68.7 cm³/mol. The number of nitrogens with two attached hydrogens (primary N) is 1. The molecule has 88 valence electrons. The highest BCUT2D eigenvalue weighted by Crippen LogP contribution is 2.16. The molecule has 0 bridgehead atoms. The van der Waals surface area contributed by atoms with Gasteiger partial charge in [0, 0.05) is 17.0 Å². The van der Waals surface area contributed by atoms with Crippen LogP contribution in [0.1, 0.15) is 5.56 Å². The van der Waals surface area contributed by atoms with Crippen molar-refractivity contribution in [1.29, 1.82) is 0 Å². The largest absolute Gasteiger partial charge is 0.351 e. The SMILES string of the molecule is NC(=O)N(S)Cc1cc(=O)[nH]c2ccccc12. The van der Waals surface area contributed by atoms with Gasteiger partial charge >= 0.3 is 6.03 Å². The monoisotopic (exact) mass is 249 g/mol. The number of nitrogens with zero attached hydrogens (tertiary/aromatic N) is 1. The number of aromatic amines is 1. The molecule has 0 fully saturated rings. The van der Waals surface area contributed by atoms with Gasteiger partial charge < -0.3 is 10.7 Å². The van der Waals surface area contributed by atoms with Gasteiger partial charge in [-0.05, 0) is 11.6 Å². The second kappa shape index (κ2) is 4.50. The van der Waals surface area contributed by atoms with Gasteiger partial charge in [-0.15, -0.1) is 0 Å². The van der Waals surface area contributed by atoms with Crippen LogP contribution in [0.5, 0.6) is 0 Å². The number of thiol groups is 1. The van der Waals surface area contributed by atoms with Crippen molar-refractivity contribution in [3.05, 3.63) is 46.2 Å². The zero-order valence-electron chi connectivity index (χ0n) is 8.88. The van der Waals surface area contributed by atoms with Gasteiger partial charge in [-0.1, -0.05) is 31.0 Å². The number of aromatic nitrogens is 1. The van der Waals surface area contributed by atoms with E-state index < -0.39 is 6.03 Å². The molecule has 3 N–H and O–H groups in total. The summed E-state index contributed by atoms with van der Waals surface area (Å²) < 4.78 is 1.06. The van der Waals surface area contributed by atoms with Crippen LogP contribution in [-0.2, 0) is 6.54 Å². The van der Waals surface area contributed by atoms with Crippen LogP contribution >= 0.6 is 12.8 Å². The average molecular weight is 249 g/mol. The maximum Gasteiger partial charge on any atom is 0.324 e. The molecule has 1 aromatic heterocycles. The Hall–Kier alpha value is -1.95. The predicted octanol–water partition coefficient (Wildman–Crippen LogP) is 1.25. The molecular weight excluding hydrogens is 238 g/mol. The number of rotatable bonds is 2. The number of fused-ring (bicyclic) bond motifs is 1. The Labute approximate surface area is 103 Å². The van der Waals surface area contributed by atoms with E-state index in [9.17, 15) is 9.59 Å². The van der Waals surface area contributed by atoms with E-state index in [-0.39, 0.29) is 12.1 Å². The first-order chi connectivity index (χ1) is 8.08. The Balaban J connectivity index is 2.52. The molecule has 2 rings (SSSR count). The molecule has 0 unspecified atom stereocenters. The van der Waals surface area contributed by atoms with Crippen LogP contribution in [0, 0.1) is 0 Å². The molecule has 5 nitrogen and oxygen atoms in total. The third-order valence-corrected chi connectivity index (χ3v) is 2.75. The fraction of sp³-hybridized carbons (Fsp3) is 0.0909. The molecule has 0 atom stereocenters. The molecule has 2 aromatic rings. The quantitative estimate of drug-likeness (QED) is 0.700. The molecule has 17 heavy (non-hydrogen) atoms. The molecule has 1 heterocycles. The number of primary amides is 1. The number of nitrogens with one attached hydrogen (secondary N) is 1. The number of para-hydroxylation sites is 1. The van der Waals surface area contributed by atoms with Crippen molar-refractivity contribution in [2.75, 3.05) is 0 Å². The summed E-state index contributed by atoms with van der Waals surface area (Å²) in [5, 5.41) is 0.868. The maximum atomic E-state index is 11.4. The number of amides is 2. The average Bonchev–Trinajstić information content (AvgIpc) is 2.28. The number of carbonyl (C=O) groups excluding carboxylic acids is 1. The van der Waals surface area contributed by atoms with Crippen LogP contribution in [0.2, 0.25) is 0 Å². The van der Waals surface area contributed by atoms with Crippen LogP contribution < -0.4 is 11.3 Å². The molecule has 0 spiro atoms. The van der Waals surface area contributed by atoms with Crippen molar-refractivity contribution in [2.24, 2.45) is 5.73 Å². The van der Waals surface area contributed by atoms with Crippen molar-refractivity contribution in [3.8, 4) is 0 Å². The number of urea groups is 1. The van der Waals surface area contributed by atoms with Gasteiger partial charge in [-0.3, -0.25) is 9.10 Å². The Kier molecular flexibility index (Phi) is 3.06. The van der Waals surface area contributed by atoms with Crippen LogP contribution in [0.4, 0.5) is 4.79 Å². The Morgan fingerprint density at radius 3 is 2.82 bits per heavy atom. The van der Waals surface area contributed by atoms with Crippen molar-refractivity contribution in [2.45, 2.75) is 6.54 Å². The molecule has 2 amide bonds. The summed E-state index contributed by atoms with van der Waals surface area (Å²) in [5.74, 6) is 0. The molecule has 6 heteroatoms. The first-order valence-electron chi connectivity index (χ1n) is 4.95. The summed E-state index contributed by atoms with van der Waals surface area (Å²) in [6, 6.07) is 8.13. The minimum absolute atomic E-state index is 0.183. The second-order valence-electron chi connectivity index (χ2n) is 3.60. The maximum absolute atomic E-state index is 11.4. The smallest absolute Gasteiger partial charge is 0.324 e. The van der Waals surface area contributed by atoms with E-state index >= 15 is 0 Å². The first-order valence-corrected chi connectivity index (χ1v) is 5.35. The van der Waals surface area contributed by atoms with Crippen LogP contribution in [0.25, 0.3) is 10.9 Å². The molecule has 0 saturated carbocycles. The third-order valence-electron chi connectivity index (χ3n) is 2.41. The van der Waals surface area contributed by atoms with Gasteiger partial charge in [-0.2, -0.15) is 0 Å². The minimum atomic E-state index is -0.655. The summed E-state index contributed by atoms with van der Waals surface area (Å²) in [6.07, 6.45) is 0. The fourth-order valence-electron chi connectivity index (χ4n) is 1.65. The summed E-state index contributed by atoms with van der Waals surface area (Å²) in [7, 11) is 0. The van der Waals surface area contributed by atoms with E-state index in [1.54, 1.807) is 6.07 Å². The van der Waals surface area contributed by atoms with E-state index in [0.29, 0.717) is 5.56 Å². The van der Waals surface area contributed by atoms with Gasteiger partial charge in [-0.25, -0.2) is 4.79 Å². The highest BCUT2D eigenvalue weighted by atomic mass is 32.1. The van der Waals surface area contributed by atoms with E-state index in [0.717, 1.165) is 15.2 Å². The van der Waals surface area contributed by atoms with Crippen LogP contribution in [0.3, 0.4) is 0 Å². The summed E-state index contributed by atoms with van der Waals surface area (Å²) >= 11 is 3.94. The Morgan fingerprint density at radius 1 is 1.41 bits per heavy atom. The molecule has 0 radical (unpaired) electrons. The molecule has 0 aliphatic rings. The normalized spacial score (nSPS) is 10.4. The van der Waals surface area contributed by atoms with Gasteiger partial charge in [0.2, 0.25) is 5.56 Å². The number of hydrogen-bond acceptors (Lipinski definition) is 3. The number of carbonyl (C=O) groups is 1. The van der Waals surface area contributed by atoms with Gasteiger partial charge in [0.15, 0.2) is 0 Å². The third kappa shape index (κ3) is 2.42. The van der Waals surface area contributed by atoms with E-state index in [2.05, 4.69) is 17.8 Å². The summed E-state index contributed by atoms with van der Waals surface area (Å²) in [4.78, 5) is 25.1. The summed E-state index contributed by atoms with van der Waals surface area (Å²) in [5.41, 5.74) is 6.30. The molecule has 0 saturated heterocycles. The van der Waals surface area contributed by atoms with Crippen LogP contribution in [-0.4, -0.2) is 15.3 Å². The van der Waals surface area contributed by atoms with Gasteiger partial charge in [0.1, 0.15) is 0 Å². The second-order valence-corrected chi connectivity index (χ2v) is 4.08. The lowest BCUT2D eigenvalue weighted by molar-refractivity contribution is 0.234. The topological polar surface area (TPSA) is 79.2 Å². The van der Waals surface area contributed by atoms with Crippen molar-refractivity contribution in [1.82, 2.24) is 9.29 Å². The van der Waals surface area contributed by atoms with E-state index in [1.165, 1.54) is 6.07 Å². The van der Waals surface area contributed by atoms with E-state index in [4.69, 9.17) is 5.73 Å². The highest BCUT2D eigenvalue weighted by Gasteiger charge is 2.09. The Morgan fingerprint density at radius 2 is 2.12 bits per heavy atom. The lowest BCUT2D eigenvalue weighted by Gasteiger charge is -2.13. The molecular formula is C11H11N3O2S. The van der Waals surface area contributed by atoms with Crippen molar-refractivity contribution < 1.29 is 4.79 Å². The number of benzene rings is 1. The summed E-state index contributed by atoms with van der Waals surface area (Å²) in [6.45, 7) is 0.183. The lowest BCUT2D eigenvalue weighted by Crippen LogP contribution is -2.27. The lowest BCUT2D eigenvalue weighted by atomic mass is 10.1. The number of hydrogen-bond donors (Lipinski definition) is 3. The molecule has 0 aliphatic carbocycles. The molecule has 0 aliphatic heterocycles. The van der Waals surface area contributed by atoms with Gasteiger partial charge in [0.05, 0.1) is 6.54 Å². The zero-order chi connectivity index (χ0) is 12.4. The number of H-pyrrole nitrogens is 1. The number of pyridine rings is 1. The molecule has 1 aromatic carbocycles. The highest BCUT2D eigenvalue weighted by molar-refractivity contribution is 7.78.